The van der Waals surface area contributed by atoms with Crippen molar-refractivity contribution in [2.75, 3.05) is 0 Å². The fourth-order valence-corrected chi connectivity index (χ4v) is 2.56. The monoisotopic (exact) mass is 241 g/mol. The fourth-order valence-electron chi connectivity index (χ4n) is 2.56. The summed E-state index contributed by atoms with van der Waals surface area (Å²) < 4.78 is 0. The fraction of sp³-hybridized carbons (Fsp3) is 0.438. The van der Waals surface area contributed by atoms with E-state index in [-0.39, 0.29) is 6.10 Å². The zero-order valence-corrected chi connectivity index (χ0v) is 10.7. The van der Waals surface area contributed by atoms with Gasteiger partial charge in [-0.3, -0.25) is 4.98 Å². The Hall–Kier alpha value is -1.41. The van der Waals surface area contributed by atoms with E-state index in [9.17, 15) is 5.11 Å². The number of pyridine rings is 1. The van der Waals surface area contributed by atoms with Gasteiger partial charge in [0.15, 0.2) is 0 Å². The summed E-state index contributed by atoms with van der Waals surface area (Å²) in [4.78, 5) is 4.62. The van der Waals surface area contributed by atoms with Crippen LogP contribution in [0.25, 0.3) is 10.9 Å². The molecule has 94 valence electrons. The smallest absolute Gasteiger partial charge is 0.0705 e. The van der Waals surface area contributed by atoms with Crippen LogP contribution >= 0.6 is 0 Å². The molecule has 0 saturated heterocycles. The minimum atomic E-state index is -0.258. The average Bonchev–Trinajstić information content (AvgIpc) is 3.22. The molecule has 3 rings (SSSR count). The van der Waals surface area contributed by atoms with Gasteiger partial charge in [-0.05, 0) is 36.8 Å². The van der Waals surface area contributed by atoms with Gasteiger partial charge in [-0.25, -0.2) is 0 Å². The van der Waals surface area contributed by atoms with Gasteiger partial charge >= 0.3 is 0 Å². The SMILES string of the molecule is CC(C(O)Cc1ccc2ccccc2n1)C1CC1. The summed E-state index contributed by atoms with van der Waals surface area (Å²) in [5.74, 6) is 1.14. The normalized spacial score (nSPS) is 18.8. The Morgan fingerprint density at radius 2 is 2.00 bits per heavy atom. The topological polar surface area (TPSA) is 33.1 Å². The lowest BCUT2D eigenvalue weighted by Gasteiger charge is -2.17. The van der Waals surface area contributed by atoms with Crippen LogP contribution in [0.3, 0.4) is 0 Å². The van der Waals surface area contributed by atoms with Crippen molar-refractivity contribution >= 4 is 10.9 Å². The van der Waals surface area contributed by atoms with Crippen LogP contribution in [-0.2, 0) is 6.42 Å². The van der Waals surface area contributed by atoms with Gasteiger partial charge < -0.3 is 5.11 Å². The molecule has 2 aromatic rings. The molecule has 1 aromatic carbocycles. The van der Waals surface area contributed by atoms with Crippen molar-refractivity contribution in [3.05, 3.63) is 42.1 Å². The molecule has 18 heavy (non-hydrogen) atoms. The molecular formula is C16H19NO. The third-order valence-electron chi connectivity index (χ3n) is 4.05. The minimum absolute atomic E-state index is 0.258. The molecule has 0 bridgehead atoms. The Kier molecular flexibility index (Phi) is 3.04. The number of hydrogen-bond acceptors (Lipinski definition) is 2. The van der Waals surface area contributed by atoms with Crippen LogP contribution < -0.4 is 0 Å². The largest absolute Gasteiger partial charge is 0.392 e. The average molecular weight is 241 g/mol. The molecule has 2 atom stereocenters. The highest BCUT2D eigenvalue weighted by Gasteiger charge is 2.32. The lowest BCUT2D eigenvalue weighted by atomic mass is 9.95. The molecule has 0 aliphatic heterocycles. The third kappa shape index (κ3) is 2.39. The Bertz CT molecular complexity index is 548. The van der Waals surface area contributed by atoms with Crippen molar-refractivity contribution in [2.45, 2.75) is 32.3 Å². The summed E-state index contributed by atoms with van der Waals surface area (Å²) in [7, 11) is 0. The van der Waals surface area contributed by atoms with Crippen molar-refractivity contribution in [2.24, 2.45) is 11.8 Å². The summed E-state index contributed by atoms with van der Waals surface area (Å²) in [5, 5.41) is 11.4. The zero-order valence-electron chi connectivity index (χ0n) is 10.7. The molecule has 1 saturated carbocycles. The van der Waals surface area contributed by atoms with Crippen LogP contribution in [0.5, 0.6) is 0 Å². The summed E-state index contributed by atoms with van der Waals surface area (Å²) in [6, 6.07) is 12.2. The maximum absolute atomic E-state index is 10.2. The molecule has 2 heteroatoms. The Balaban J connectivity index is 1.77. The highest BCUT2D eigenvalue weighted by atomic mass is 16.3. The maximum Gasteiger partial charge on any atom is 0.0705 e. The van der Waals surface area contributed by atoms with Crippen molar-refractivity contribution < 1.29 is 5.11 Å². The number of nitrogens with zero attached hydrogens (tertiary/aromatic N) is 1. The van der Waals surface area contributed by atoms with E-state index in [0.29, 0.717) is 12.3 Å². The Morgan fingerprint density at radius 3 is 2.78 bits per heavy atom. The number of fused-ring (bicyclic) bond motifs is 1. The molecule has 1 fully saturated rings. The molecule has 0 amide bonds. The number of rotatable bonds is 4. The van der Waals surface area contributed by atoms with Crippen LogP contribution in [0.2, 0.25) is 0 Å². The van der Waals surface area contributed by atoms with E-state index in [4.69, 9.17) is 0 Å². The third-order valence-corrected chi connectivity index (χ3v) is 4.05. The quantitative estimate of drug-likeness (QED) is 0.891. The molecule has 2 unspecified atom stereocenters. The second kappa shape index (κ2) is 4.69. The second-order valence-electron chi connectivity index (χ2n) is 5.46. The number of aliphatic hydroxyl groups is 1. The molecule has 1 heterocycles. The van der Waals surface area contributed by atoms with E-state index < -0.39 is 0 Å². The van der Waals surface area contributed by atoms with Gasteiger partial charge in [0.1, 0.15) is 0 Å². The number of aliphatic hydroxyl groups excluding tert-OH is 1. The molecule has 0 radical (unpaired) electrons. The van der Waals surface area contributed by atoms with Gasteiger partial charge in [0.2, 0.25) is 0 Å². The van der Waals surface area contributed by atoms with E-state index in [1.54, 1.807) is 0 Å². The minimum Gasteiger partial charge on any atom is -0.392 e. The van der Waals surface area contributed by atoms with Gasteiger partial charge in [-0.1, -0.05) is 31.2 Å². The zero-order chi connectivity index (χ0) is 12.5. The first-order valence-electron chi connectivity index (χ1n) is 6.77. The molecular weight excluding hydrogens is 222 g/mol. The molecule has 2 nitrogen and oxygen atoms in total. The van der Waals surface area contributed by atoms with Gasteiger partial charge in [-0.2, -0.15) is 0 Å². The van der Waals surface area contributed by atoms with Crippen LogP contribution in [0.1, 0.15) is 25.5 Å². The summed E-state index contributed by atoms with van der Waals surface area (Å²) in [6.07, 6.45) is 2.97. The van der Waals surface area contributed by atoms with Crippen LogP contribution in [0.15, 0.2) is 36.4 Å². The highest BCUT2D eigenvalue weighted by Crippen LogP contribution is 2.38. The first kappa shape index (κ1) is 11.7. The van der Waals surface area contributed by atoms with Crippen molar-refractivity contribution in [1.29, 1.82) is 0 Å². The lowest BCUT2D eigenvalue weighted by molar-refractivity contribution is 0.104. The highest BCUT2D eigenvalue weighted by molar-refractivity contribution is 5.78. The summed E-state index contributed by atoms with van der Waals surface area (Å²) in [6.45, 7) is 2.16. The second-order valence-corrected chi connectivity index (χ2v) is 5.46. The van der Waals surface area contributed by atoms with Gasteiger partial charge in [0.05, 0.1) is 11.6 Å². The number of para-hydroxylation sites is 1. The van der Waals surface area contributed by atoms with Crippen LogP contribution in [-0.4, -0.2) is 16.2 Å². The standard InChI is InChI=1S/C16H19NO/c1-11(12-6-7-12)16(18)10-14-9-8-13-4-2-3-5-15(13)17-14/h2-5,8-9,11-12,16,18H,6-7,10H2,1H3. The van der Waals surface area contributed by atoms with Gasteiger partial charge in [0.25, 0.3) is 0 Å². The maximum atomic E-state index is 10.2. The molecule has 1 aliphatic carbocycles. The van der Waals surface area contributed by atoms with E-state index in [0.717, 1.165) is 22.5 Å². The Morgan fingerprint density at radius 1 is 1.22 bits per heavy atom. The number of hydrogen-bond donors (Lipinski definition) is 1. The predicted molar refractivity (Wildman–Crippen MR) is 73.3 cm³/mol. The summed E-state index contributed by atoms with van der Waals surface area (Å²) >= 11 is 0. The first-order chi connectivity index (χ1) is 8.74. The van der Waals surface area contributed by atoms with E-state index in [1.165, 1.54) is 12.8 Å². The van der Waals surface area contributed by atoms with Crippen LogP contribution in [0.4, 0.5) is 0 Å². The van der Waals surface area contributed by atoms with Gasteiger partial charge in [-0.15, -0.1) is 0 Å². The van der Waals surface area contributed by atoms with Crippen LogP contribution in [0, 0.1) is 11.8 Å². The summed E-state index contributed by atoms with van der Waals surface area (Å²) in [5.41, 5.74) is 2.01. The van der Waals surface area contributed by atoms with E-state index >= 15 is 0 Å². The lowest BCUT2D eigenvalue weighted by Crippen LogP contribution is -2.22. The first-order valence-corrected chi connectivity index (χ1v) is 6.77. The Labute approximate surface area is 108 Å². The molecule has 1 N–H and O–H groups in total. The van der Waals surface area contributed by atoms with Crippen molar-refractivity contribution in [3.63, 3.8) is 0 Å². The van der Waals surface area contributed by atoms with Crippen molar-refractivity contribution in [3.8, 4) is 0 Å². The molecule has 1 aromatic heterocycles. The van der Waals surface area contributed by atoms with E-state index in [2.05, 4.69) is 24.0 Å². The van der Waals surface area contributed by atoms with Gasteiger partial charge in [0, 0.05) is 17.5 Å². The predicted octanol–water partition coefficient (Wildman–Crippen LogP) is 3.18. The number of benzene rings is 1. The molecule has 1 aliphatic rings. The molecule has 0 spiro atoms. The van der Waals surface area contributed by atoms with E-state index in [1.807, 2.05) is 24.3 Å². The number of aromatic nitrogens is 1. The van der Waals surface area contributed by atoms with Crippen molar-refractivity contribution in [1.82, 2.24) is 4.98 Å².